The van der Waals surface area contributed by atoms with Gasteiger partial charge in [-0.05, 0) is 24.8 Å². The summed E-state index contributed by atoms with van der Waals surface area (Å²) in [6.45, 7) is 5.78. The summed E-state index contributed by atoms with van der Waals surface area (Å²) in [4.78, 5) is 25.0. The topological polar surface area (TPSA) is 69.6 Å². The van der Waals surface area contributed by atoms with Crippen LogP contribution in [0.1, 0.15) is 20.3 Å². The van der Waals surface area contributed by atoms with Gasteiger partial charge in [0.2, 0.25) is 5.91 Å². The first-order valence-electron chi connectivity index (χ1n) is 6.25. The maximum atomic E-state index is 12.2. The van der Waals surface area contributed by atoms with Gasteiger partial charge in [0, 0.05) is 13.1 Å². The maximum absolute atomic E-state index is 12.2. The summed E-state index contributed by atoms with van der Waals surface area (Å²) < 4.78 is 0. The monoisotopic (exact) mass is 240 g/mol. The number of carboxylic acid groups (broad SMARTS) is 1. The quantitative estimate of drug-likeness (QED) is 0.721. The minimum Gasteiger partial charge on any atom is -0.481 e. The normalized spacial score (nSPS) is 37.4. The van der Waals surface area contributed by atoms with E-state index in [0.29, 0.717) is 19.0 Å². The van der Waals surface area contributed by atoms with Crippen LogP contribution in [0, 0.1) is 17.8 Å². The van der Waals surface area contributed by atoms with Gasteiger partial charge in [0.25, 0.3) is 0 Å². The molecule has 4 unspecified atom stereocenters. The Morgan fingerprint density at radius 3 is 2.41 bits per heavy atom. The van der Waals surface area contributed by atoms with Crippen molar-refractivity contribution in [1.82, 2.24) is 10.2 Å². The van der Waals surface area contributed by atoms with Gasteiger partial charge in [-0.15, -0.1) is 0 Å². The Bertz CT molecular complexity index is 332. The van der Waals surface area contributed by atoms with Crippen LogP contribution in [0.25, 0.3) is 0 Å². The number of nitrogens with zero attached hydrogens (tertiary/aromatic N) is 1. The molecule has 2 heterocycles. The van der Waals surface area contributed by atoms with Crippen LogP contribution < -0.4 is 5.32 Å². The number of carbonyl (C=O) groups is 2. The van der Waals surface area contributed by atoms with E-state index in [1.54, 1.807) is 4.90 Å². The molecule has 1 amide bonds. The van der Waals surface area contributed by atoms with Crippen molar-refractivity contribution in [3.63, 3.8) is 0 Å². The number of nitrogens with one attached hydrogen (secondary N) is 1. The predicted octanol–water partition coefficient (Wildman–Crippen LogP) is 0.164. The fourth-order valence-corrected chi connectivity index (χ4v) is 2.83. The molecule has 96 valence electrons. The van der Waals surface area contributed by atoms with Crippen LogP contribution in [-0.2, 0) is 9.59 Å². The van der Waals surface area contributed by atoms with Gasteiger partial charge in [-0.2, -0.15) is 0 Å². The SMILES string of the molecule is CC1CN(C(=O)C2NCCC2C)CC1C(=O)O. The highest BCUT2D eigenvalue weighted by Gasteiger charge is 2.40. The molecule has 0 aliphatic carbocycles. The molecular weight excluding hydrogens is 220 g/mol. The highest BCUT2D eigenvalue weighted by atomic mass is 16.4. The molecule has 0 spiro atoms. The van der Waals surface area contributed by atoms with Gasteiger partial charge in [0.15, 0.2) is 0 Å². The smallest absolute Gasteiger partial charge is 0.308 e. The number of hydrogen-bond donors (Lipinski definition) is 2. The van der Waals surface area contributed by atoms with Crippen molar-refractivity contribution in [1.29, 1.82) is 0 Å². The third kappa shape index (κ3) is 2.29. The third-order valence-corrected chi connectivity index (χ3v) is 4.04. The van der Waals surface area contributed by atoms with E-state index >= 15 is 0 Å². The summed E-state index contributed by atoms with van der Waals surface area (Å²) in [5, 5.41) is 12.3. The van der Waals surface area contributed by atoms with Crippen molar-refractivity contribution < 1.29 is 14.7 Å². The van der Waals surface area contributed by atoms with Crippen molar-refractivity contribution in [2.45, 2.75) is 26.3 Å². The second-order valence-electron chi connectivity index (χ2n) is 5.36. The fourth-order valence-electron chi connectivity index (χ4n) is 2.83. The molecule has 0 aromatic carbocycles. The lowest BCUT2D eigenvalue weighted by molar-refractivity contribution is -0.142. The molecule has 2 aliphatic heterocycles. The molecule has 4 atom stereocenters. The van der Waals surface area contributed by atoms with Gasteiger partial charge in [-0.1, -0.05) is 13.8 Å². The van der Waals surface area contributed by atoms with Crippen LogP contribution in [0.3, 0.4) is 0 Å². The van der Waals surface area contributed by atoms with Gasteiger partial charge >= 0.3 is 5.97 Å². The van der Waals surface area contributed by atoms with Crippen molar-refractivity contribution >= 4 is 11.9 Å². The number of likely N-dealkylation sites (tertiary alicyclic amines) is 1. The van der Waals surface area contributed by atoms with Crippen molar-refractivity contribution in [2.75, 3.05) is 19.6 Å². The lowest BCUT2D eigenvalue weighted by atomic mass is 9.99. The van der Waals surface area contributed by atoms with E-state index in [1.807, 2.05) is 6.92 Å². The van der Waals surface area contributed by atoms with Crippen LogP contribution in [0.15, 0.2) is 0 Å². The summed E-state index contributed by atoms with van der Waals surface area (Å²) in [6.07, 6.45) is 1.02. The maximum Gasteiger partial charge on any atom is 0.308 e. The number of aliphatic carboxylic acids is 1. The van der Waals surface area contributed by atoms with Crippen molar-refractivity contribution in [2.24, 2.45) is 17.8 Å². The first-order valence-corrected chi connectivity index (χ1v) is 6.25. The van der Waals surface area contributed by atoms with Crippen LogP contribution in [-0.4, -0.2) is 47.6 Å². The Morgan fingerprint density at radius 2 is 1.94 bits per heavy atom. The molecule has 0 bridgehead atoms. The molecule has 2 N–H and O–H groups in total. The first kappa shape index (κ1) is 12.4. The standard InChI is InChI=1S/C12H20N2O3/c1-7-3-4-13-10(7)11(15)14-5-8(2)9(6-14)12(16)17/h7-10,13H,3-6H2,1-2H3,(H,16,17). The van der Waals surface area contributed by atoms with Crippen molar-refractivity contribution in [3.8, 4) is 0 Å². The molecule has 5 heteroatoms. The van der Waals surface area contributed by atoms with Crippen LogP contribution in [0.4, 0.5) is 0 Å². The summed E-state index contributed by atoms with van der Waals surface area (Å²) in [5.41, 5.74) is 0. The van der Waals surface area contributed by atoms with E-state index in [1.165, 1.54) is 0 Å². The number of carboxylic acids is 1. The van der Waals surface area contributed by atoms with Gasteiger partial charge in [0.1, 0.15) is 0 Å². The fraction of sp³-hybridized carbons (Fsp3) is 0.833. The molecule has 0 radical (unpaired) electrons. The van der Waals surface area contributed by atoms with E-state index in [4.69, 9.17) is 5.11 Å². The Hall–Kier alpha value is -1.10. The lowest BCUT2D eigenvalue weighted by Gasteiger charge is -2.23. The summed E-state index contributed by atoms with van der Waals surface area (Å²) >= 11 is 0. The number of hydrogen-bond acceptors (Lipinski definition) is 3. The average molecular weight is 240 g/mol. The van der Waals surface area contributed by atoms with E-state index < -0.39 is 11.9 Å². The number of amides is 1. The number of rotatable bonds is 2. The second-order valence-corrected chi connectivity index (χ2v) is 5.36. The van der Waals surface area contributed by atoms with E-state index in [-0.39, 0.29) is 17.9 Å². The van der Waals surface area contributed by atoms with E-state index in [0.717, 1.165) is 13.0 Å². The van der Waals surface area contributed by atoms with Gasteiger partial charge in [0.05, 0.1) is 12.0 Å². The molecule has 2 aliphatic rings. The zero-order valence-electron chi connectivity index (χ0n) is 10.3. The molecule has 2 fully saturated rings. The largest absolute Gasteiger partial charge is 0.481 e. The molecule has 0 aromatic rings. The minimum atomic E-state index is -0.791. The summed E-state index contributed by atoms with van der Waals surface area (Å²) in [6, 6.07) is -0.116. The molecule has 2 saturated heterocycles. The Labute approximate surface area is 101 Å². The first-order chi connectivity index (χ1) is 8.00. The van der Waals surface area contributed by atoms with Gasteiger partial charge < -0.3 is 15.3 Å². The van der Waals surface area contributed by atoms with Crippen LogP contribution in [0.2, 0.25) is 0 Å². The number of carbonyl (C=O) groups excluding carboxylic acids is 1. The zero-order valence-corrected chi connectivity index (χ0v) is 10.3. The molecule has 0 saturated carbocycles. The Balaban J connectivity index is 2.00. The molecular formula is C12H20N2O3. The van der Waals surface area contributed by atoms with Crippen LogP contribution in [0.5, 0.6) is 0 Å². The molecule has 0 aromatic heterocycles. The lowest BCUT2D eigenvalue weighted by Crippen LogP contribution is -2.45. The Morgan fingerprint density at radius 1 is 1.24 bits per heavy atom. The second kappa shape index (κ2) is 4.64. The van der Waals surface area contributed by atoms with Gasteiger partial charge in [-0.25, -0.2) is 0 Å². The summed E-state index contributed by atoms with van der Waals surface area (Å²) in [7, 11) is 0. The molecule has 17 heavy (non-hydrogen) atoms. The van der Waals surface area contributed by atoms with E-state index in [2.05, 4.69) is 12.2 Å². The van der Waals surface area contributed by atoms with Crippen molar-refractivity contribution in [3.05, 3.63) is 0 Å². The molecule has 2 rings (SSSR count). The van der Waals surface area contributed by atoms with Crippen LogP contribution >= 0.6 is 0 Å². The summed E-state index contributed by atoms with van der Waals surface area (Å²) in [5.74, 6) is -0.726. The Kier molecular flexibility index (Phi) is 3.38. The highest BCUT2D eigenvalue weighted by Crippen LogP contribution is 2.26. The minimum absolute atomic E-state index is 0.0492. The predicted molar refractivity (Wildman–Crippen MR) is 62.4 cm³/mol. The van der Waals surface area contributed by atoms with E-state index in [9.17, 15) is 9.59 Å². The zero-order chi connectivity index (χ0) is 12.6. The van der Waals surface area contributed by atoms with Gasteiger partial charge in [-0.3, -0.25) is 9.59 Å². The average Bonchev–Trinajstić information content (AvgIpc) is 2.83. The third-order valence-electron chi connectivity index (χ3n) is 4.04. The molecule has 5 nitrogen and oxygen atoms in total. The highest BCUT2D eigenvalue weighted by molar-refractivity contribution is 5.84.